The highest BCUT2D eigenvalue weighted by Crippen LogP contribution is 2.34. The number of amides is 1. The van der Waals surface area contributed by atoms with Gasteiger partial charge in [-0.2, -0.15) is 13.2 Å². The van der Waals surface area contributed by atoms with Crippen LogP contribution in [0.5, 0.6) is 0 Å². The van der Waals surface area contributed by atoms with Gasteiger partial charge in [-0.3, -0.25) is 9.78 Å². The molecule has 3 aromatic rings. The van der Waals surface area contributed by atoms with Crippen LogP contribution in [0.3, 0.4) is 0 Å². The zero-order valence-corrected chi connectivity index (χ0v) is 14.5. The van der Waals surface area contributed by atoms with Gasteiger partial charge in [0.2, 0.25) is 0 Å². The highest BCUT2D eigenvalue weighted by Gasteiger charge is 2.31. The standard InChI is InChI=1S/C19H13ClF3N3O/c20-16-7-6-13(19(21,22)23)9-17(16)25-15-8-12(10-24-11-15)18(27)26-14-4-2-1-3-5-14/h1-11,25H,(H,26,27). The Kier molecular flexibility index (Phi) is 5.32. The first kappa shape index (κ1) is 18.7. The summed E-state index contributed by atoms with van der Waals surface area (Å²) in [6.45, 7) is 0. The molecular weight excluding hydrogens is 379 g/mol. The quantitative estimate of drug-likeness (QED) is 0.595. The van der Waals surface area contributed by atoms with E-state index in [0.29, 0.717) is 11.4 Å². The minimum Gasteiger partial charge on any atom is -0.353 e. The number of carbonyl (C=O) groups is 1. The zero-order valence-electron chi connectivity index (χ0n) is 13.7. The summed E-state index contributed by atoms with van der Waals surface area (Å²) < 4.78 is 38.6. The van der Waals surface area contributed by atoms with Crippen molar-refractivity contribution in [2.75, 3.05) is 10.6 Å². The Hall–Kier alpha value is -3.06. The maximum atomic E-state index is 12.9. The lowest BCUT2D eigenvalue weighted by atomic mass is 10.2. The fourth-order valence-electron chi connectivity index (χ4n) is 2.31. The second-order valence-electron chi connectivity index (χ2n) is 5.60. The van der Waals surface area contributed by atoms with Crippen LogP contribution in [-0.4, -0.2) is 10.9 Å². The molecule has 2 N–H and O–H groups in total. The van der Waals surface area contributed by atoms with Crippen LogP contribution in [0.4, 0.5) is 30.2 Å². The third-order valence-corrected chi connectivity index (χ3v) is 3.93. The number of benzene rings is 2. The Morgan fingerprint density at radius 2 is 1.70 bits per heavy atom. The van der Waals surface area contributed by atoms with Crippen LogP contribution in [-0.2, 0) is 6.18 Å². The maximum Gasteiger partial charge on any atom is 0.416 e. The van der Waals surface area contributed by atoms with Crippen LogP contribution in [0.15, 0.2) is 67.0 Å². The number of hydrogen-bond acceptors (Lipinski definition) is 3. The molecule has 1 heterocycles. The number of carbonyl (C=O) groups excluding carboxylic acids is 1. The number of rotatable bonds is 4. The van der Waals surface area contributed by atoms with Gasteiger partial charge in [0, 0.05) is 11.9 Å². The fourth-order valence-corrected chi connectivity index (χ4v) is 2.47. The number of nitrogens with zero attached hydrogens (tertiary/aromatic N) is 1. The van der Waals surface area contributed by atoms with Crippen molar-refractivity contribution in [1.29, 1.82) is 0 Å². The average molecular weight is 392 g/mol. The largest absolute Gasteiger partial charge is 0.416 e. The van der Waals surface area contributed by atoms with Crippen LogP contribution in [0.1, 0.15) is 15.9 Å². The van der Waals surface area contributed by atoms with Crippen LogP contribution in [0, 0.1) is 0 Å². The van der Waals surface area contributed by atoms with E-state index in [1.807, 2.05) is 6.07 Å². The molecule has 138 valence electrons. The van der Waals surface area contributed by atoms with Gasteiger partial charge in [0.15, 0.2) is 0 Å². The van der Waals surface area contributed by atoms with Gasteiger partial charge in [-0.1, -0.05) is 29.8 Å². The third kappa shape index (κ3) is 4.77. The first-order valence-corrected chi connectivity index (χ1v) is 8.16. The normalized spacial score (nSPS) is 11.1. The van der Waals surface area contributed by atoms with Crippen molar-refractivity contribution in [3.63, 3.8) is 0 Å². The van der Waals surface area contributed by atoms with E-state index in [2.05, 4.69) is 15.6 Å². The molecule has 1 aromatic heterocycles. The number of halogens is 4. The van der Waals surface area contributed by atoms with Crippen molar-refractivity contribution in [1.82, 2.24) is 4.98 Å². The lowest BCUT2D eigenvalue weighted by molar-refractivity contribution is -0.137. The monoisotopic (exact) mass is 391 g/mol. The van der Waals surface area contributed by atoms with E-state index in [0.717, 1.165) is 18.2 Å². The summed E-state index contributed by atoms with van der Waals surface area (Å²) in [5.41, 5.74) is 0.417. The number of aromatic nitrogens is 1. The highest BCUT2D eigenvalue weighted by atomic mass is 35.5. The molecule has 0 spiro atoms. The number of hydrogen-bond donors (Lipinski definition) is 2. The van der Waals surface area contributed by atoms with Crippen LogP contribution >= 0.6 is 11.6 Å². The smallest absolute Gasteiger partial charge is 0.353 e. The molecule has 0 unspecified atom stereocenters. The number of anilines is 3. The molecule has 27 heavy (non-hydrogen) atoms. The van der Waals surface area contributed by atoms with Gasteiger partial charge < -0.3 is 10.6 Å². The highest BCUT2D eigenvalue weighted by molar-refractivity contribution is 6.33. The molecule has 3 rings (SSSR count). The maximum absolute atomic E-state index is 12.9. The van der Waals surface area contributed by atoms with Crippen LogP contribution in [0.2, 0.25) is 5.02 Å². The van der Waals surface area contributed by atoms with Gasteiger partial charge >= 0.3 is 6.18 Å². The second-order valence-corrected chi connectivity index (χ2v) is 6.01. The molecule has 0 atom stereocenters. The summed E-state index contributed by atoms with van der Waals surface area (Å²) >= 11 is 5.98. The molecule has 8 heteroatoms. The Bertz CT molecular complexity index is 962. The van der Waals surface area contributed by atoms with Crippen molar-refractivity contribution >= 4 is 34.6 Å². The minimum absolute atomic E-state index is 0.0638. The van der Waals surface area contributed by atoms with Crippen molar-refractivity contribution in [3.8, 4) is 0 Å². The minimum atomic E-state index is -4.49. The van der Waals surface area contributed by atoms with Crippen LogP contribution < -0.4 is 10.6 Å². The number of para-hydroxylation sites is 1. The Morgan fingerprint density at radius 3 is 2.41 bits per heavy atom. The summed E-state index contributed by atoms with van der Waals surface area (Å²) in [6.07, 6.45) is -1.75. The summed E-state index contributed by atoms with van der Waals surface area (Å²) in [4.78, 5) is 16.3. The lowest BCUT2D eigenvalue weighted by Crippen LogP contribution is -2.12. The van der Waals surface area contributed by atoms with E-state index in [9.17, 15) is 18.0 Å². The Morgan fingerprint density at radius 1 is 0.963 bits per heavy atom. The van der Waals surface area contributed by atoms with Crippen molar-refractivity contribution in [2.24, 2.45) is 0 Å². The SMILES string of the molecule is O=C(Nc1ccccc1)c1cncc(Nc2cc(C(F)(F)F)ccc2Cl)c1. The zero-order chi connectivity index (χ0) is 19.4. The van der Waals surface area contributed by atoms with E-state index >= 15 is 0 Å². The predicted molar refractivity (Wildman–Crippen MR) is 98.4 cm³/mol. The molecule has 0 saturated carbocycles. The summed E-state index contributed by atoms with van der Waals surface area (Å²) in [7, 11) is 0. The van der Waals surface area contributed by atoms with Gasteiger partial charge in [-0.25, -0.2) is 0 Å². The van der Waals surface area contributed by atoms with Crippen molar-refractivity contribution < 1.29 is 18.0 Å². The van der Waals surface area contributed by atoms with Gasteiger partial charge in [0.05, 0.1) is 33.7 Å². The topological polar surface area (TPSA) is 54.0 Å². The molecule has 2 aromatic carbocycles. The predicted octanol–water partition coefficient (Wildman–Crippen LogP) is 5.75. The summed E-state index contributed by atoms with van der Waals surface area (Å²) in [5.74, 6) is -0.396. The second kappa shape index (κ2) is 7.67. The van der Waals surface area contributed by atoms with Gasteiger partial charge in [0.25, 0.3) is 5.91 Å². The van der Waals surface area contributed by atoms with Gasteiger partial charge in [-0.05, 0) is 36.4 Å². The number of pyridine rings is 1. The molecule has 4 nitrogen and oxygen atoms in total. The van der Waals surface area contributed by atoms with Crippen LogP contribution in [0.25, 0.3) is 0 Å². The van der Waals surface area contributed by atoms with Gasteiger partial charge in [0.1, 0.15) is 0 Å². The third-order valence-electron chi connectivity index (χ3n) is 3.60. The van der Waals surface area contributed by atoms with E-state index in [-0.39, 0.29) is 16.3 Å². The molecule has 0 aliphatic rings. The van der Waals surface area contributed by atoms with E-state index in [1.165, 1.54) is 18.5 Å². The molecule has 0 fully saturated rings. The Balaban J connectivity index is 1.81. The number of alkyl halides is 3. The molecule has 0 saturated heterocycles. The molecular formula is C19H13ClF3N3O. The number of nitrogens with one attached hydrogen (secondary N) is 2. The van der Waals surface area contributed by atoms with E-state index in [1.54, 1.807) is 24.3 Å². The average Bonchev–Trinajstić information content (AvgIpc) is 2.64. The molecule has 0 aliphatic heterocycles. The first-order valence-electron chi connectivity index (χ1n) is 7.78. The Labute approximate surface area is 158 Å². The van der Waals surface area contributed by atoms with E-state index in [4.69, 9.17) is 11.6 Å². The van der Waals surface area contributed by atoms with Gasteiger partial charge in [-0.15, -0.1) is 0 Å². The summed E-state index contributed by atoms with van der Waals surface area (Å²) in [5, 5.41) is 5.59. The lowest BCUT2D eigenvalue weighted by Gasteiger charge is -2.13. The molecule has 1 amide bonds. The fraction of sp³-hybridized carbons (Fsp3) is 0.0526. The first-order chi connectivity index (χ1) is 12.8. The van der Waals surface area contributed by atoms with Crippen molar-refractivity contribution in [2.45, 2.75) is 6.18 Å². The summed E-state index contributed by atoms with van der Waals surface area (Å²) in [6, 6.07) is 13.3. The van der Waals surface area contributed by atoms with E-state index < -0.39 is 17.6 Å². The molecule has 0 aliphatic carbocycles. The molecule has 0 bridgehead atoms. The van der Waals surface area contributed by atoms with Crippen molar-refractivity contribution in [3.05, 3.63) is 83.1 Å². The molecule has 0 radical (unpaired) electrons.